The predicted molar refractivity (Wildman–Crippen MR) is 65.5 cm³/mol. The molecular formula is C14H20O2. The second kappa shape index (κ2) is 7.18. The third-order valence-corrected chi connectivity index (χ3v) is 2.76. The molecule has 88 valence electrons. The highest BCUT2D eigenvalue weighted by Gasteiger charge is 2.07. The molecule has 1 aliphatic rings. The minimum absolute atomic E-state index is 0.0359. The molecule has 1 saturated carbocycles. The molecule has 1 aromatic carbocycles. The summed E-state index contributed by atoms with van der Waals surface area (Å²) in [6.07, 6.45) is 5.92. The normalized spacial score (nSPS) is 16.1. The zero-order chi connectivity index (χ0) is 11.8. The zero-order valence-electron chi connectivity index (χ0n) is 9.86. The van der Waals surface area contributed by atoms with E-state index in [0.717, 1.165) is 18.4 Å². The molecule has 0 spiro atoms. The summed E-state index contributed by atoms with van der Waals surface area (Å²) in [6, 6.07) is 9.23. The number of Topliss-reactive ketones (excluding diaryl/α,β-unsaturated/α-hetero) is 1. The van der Waals surface area contributed by atoms with E-state index in [2.05, 4.69) is 0 Å². The van der Waals surface area contributed by atoms with Crippen molar-refractivity contribution in [2.75, 3.05) is 0 Å². The summed E-state index contributed by atoms with van der Waals surface area (Å²) in [4.78, 5) is 10.6. The van der Waals surface area contributed by atoms with Crippen molar-refractivity contribution < 1.29 is 9.90 Å². The highest BCUT2D eigenvalue weighted by atomic mass is 16.3. The van der Waals surface area contributed by atoms with Crippen molar-refractivity contribution in [3.05, 3.63) is 35.9 Å². The van der Waals surface area contributed by atoms with Crippen LogP contribution in [0.1, 0.15) is 49.4 Å². The first-order chi connectivity index (χ1) is 7.70. The van der Waals surface area contributed by atoms with Gasteiger partial charge >= 0.3 is 0 Å². The molecule has 1 N–H and O–H groups in total. The van der Waals surface area contributed by atoms with Gasteiger partial charge in [0.1, 0.15) is 0 Å². The number of hydrogen-bond donors (Lipinski definition) is 1. The molecule has 1 fully saturated rings. The van der Waals surface area contributed by atoms with Gasteiger partial charge in [-0.05, 0) is 19.8 Å². The summed E-state index contributed by atoms with van der Waals surface area (Å²) >= 11 is 0. The number of ketones is 1. The van der Waals surface area contributed by atoms with E-state index >= 15 is 0 Å². The summed E-state index contributed by atoms with van der Waals surface area (Å²) in [5, 5.41) is 8.91. The van der Waals surface area contributed by atoms with E-state index in [0.29, 0.717) is 0 Å². The Bertz CT molecular complexity index is 300. The fourth-order valence-electron chi connectivity index (χ4n) is 1.75. The zero-order valence-corrected chi connectivity index (χ0v) is 9.86. The maximum absolute atomic E-state index is 10.6. The van der Waals surface area contributed by atoms with Gasteiger partial charge in [-0.3, -0.25) is 4.79 Å². The third-order valence-electron chi connectivity index (χ3n) is 2.76. The van der Waals surface area contributed by atoms with Gasteiger partial charge in [-0.1, -0.05) is 49.6 Å². The van der Waals surface area contributed by atoms with Crippen LogP contribution in [-0.4, -0.2) is 17.0 Å². The fraction of sp³-hybridized carbons (Fsp3) is 0.500. The molecule has 0 amide bonds. The van der Waals surface area contributed by atoms with E-state index in [1.807, 2.05) is 30.3 Å². The van der Waals surface area contributed by atoms with Crippen LogP contribution in [0.3, 0.4) is 0 Å². The number of aliphatic hydroxyl groups excluding tert-OH is 1. The molecule has 0 radical (unpaired) electrons. The molecule has 2 heteroatoms. The van der Waals surface area contributed by atoms with E-state index in [-0.39, 0.29) is 11.9 Å². The summed E-state index contributed by atoms with van der Waals surface area (Å²) in [7, 11) is 0. The van der Waals surface area contributed by atoms with Gasteiger partial charge in [-0.2, -0.15) is 0 Å². The van der Waals surface area contributed by atoms with Crippen LogP contribution in [0.5, 0.6) is 0 Å². The van der Waals surface area contributed by atoms with E-state index in [1.54, 1.807) is 6.92 Å². The minimum Gasteiger partial charge on any atom is -0.393 e. The maximum atomic E-state index is 10.6. The molecule has 0 atom stereocenters. The van der Waals surface area contributed by atoms with Crippen molar-refractivity contribution in [2.45, 2.75) is 45.1 Å². The molecule has 2 rings (SSSR count). The average Bonchev–Trinajstić information content (AvgIpc) is 2.32. The Balaban J connectivity index is 0.000000165. The van der Waals surface area contributed by atoms with Crippen LogP contribution in [0.25, 0.3) is 0 Å². The van der Waals surface area contributed by atoms with Crippen LogP contribution in [-0.2, 0) is 0 Å². The standard InChI is InChI=1S/C8H8O.C6H12O/c1-7(9)8-5-3-2-4-6-8;7-6-4-2-1-3-5-6/h2-6H,1H3;6-7H,1-5H2. The van der Waals surface area contributed by atoms with Crippen LogP contribution >= 0.6 is 0 Å². The van der Waals surface area contributed by atoms with Gasteiger partial charge in [0, 0.05) is 5.56 Å². The Hall–Kier alpha value is -1.15. The largest absolute Gasteiger partial charge is 0.393 e. The molecule has 0 aromatic heterocycles. The maximum Gasteiger partial charge on any atom is 0.159 e. The van der Waals surface area contributed by atoms with Crippen LogP contribution in [0.4, 0.5) is 0 Å². The first-order valence-electron chi connectivity index (χ1n) is 5.94. The molecule has 1 aromatic rings. The molecule has 0 heterocycles. The summed E-state index contributed by atoms with van der Waals surface area (Å²) in [5.41, 5.74) is 0.775. The highest BCUT2D eigenvalue weighted by Crippen LogP contribution is 2.16. The van der Waals surface area contributed by atoms with E-state index in [1.165, 1.54) is 19.3 Å². The highest BCUT2D eigenvalue weighted by molar-refractivity contribution is 5.93. The molecule has 2 nitrogen and oxygen atoms in total. The molecule has 0 unspecified atom stereocenters. The quantitative estimate of drug-likeness (QED) is 0.738. The number of carbonyl (C=O) groups is 1. The van der Waals surface area contributed by atoms with Gasteiger partial charge in [-0.25, -0.2) is 0 Å². The van der Waals surface area contributed by atoms with Crippen LogP contribution < -0.4 is 0 Å². The Morgan fingerprint density at radius 2 is 1.69 bits per heavy atom. The van der Waals surface area contributed by atoms with Crippen molar-refractivity contribution >= 4 is 5.78 Å². The summed E-state index contributed by atoms with van der Waals surface area (Å²) < 4.78 is 0. The summed E-state index contributed by atoms with van der Waals surface area (Å²) in [6.45, 7) is 1.56. The lowest BCUT2D eigenvalue weighted by atomic mass is 9.98. The number of hydrogen-bond acceptors (Lipinski definition) is 2. The first-order valence-corrected chi connectivity index (χ1v) is 5.94. The molecule has 0 bridgehead atoms. The molecule has 16 heavy (non-hydrogen) atoms. The van der Waals surface area contributed by atoms with Gasteiger partial charge in [0.2, 0.25) is 0 Å². The second-order valence-electron chi connectivity index (χ2n) is 4.21. The van der Waals surface area contributed by atoms with Gasteiger partial charge < -0.3 is 5.11 Å². The predicted octanol–water partition coefficient (Wildman–Crippen LogP) is 3.20. The fourth-order valence-corrected chi connectivity index (χ4v) is 1.75. The topological polar surface area (TPSA) is 37.3 Å². The van der Waals surface area contributed by atoms with Gasteiger partial charge in [-0.15, -0.1) is 0 Å². The van der Waals surface area contributed by atoms with Gasteiger partial charge in [0.15, 0.2) is 5.78 Å². The monoisotopic (exact) mass is 220 g/mol. The molecular weight excluding hydrogens is 200 g/mol. The Morgan fingerprint density at radius 3 is 2.00 bits per heavy atom. The SMILES string of the molecule is CC(=O)c1ccccc1.OC1CCCCC1. The lowest BCUT2D eigenvalue weighted by Crippen LogP contribution is -2.09. The summed E-state index contributed by atoms with van der Waals surface area (Å²) in [5.74, 6) is 0.121. The number of benzene rings is 1. The minimum atomic E-state index is 0.0359. The smallest absolute Gasteiger partial charge is 0.159 e. The van der Waals surface area contributed by atoms with E-state index in [9.17, 15) is 4.79 Å². The number of carbonyl (C=O) groups excluding carboxylic acids is 1. The Morgan fingerprint density at radius 1 is 1.12 bits per heavy atom. The Kier molecular flexibility index (Phi) is 5.79. The van der Waals surface area contributed by atoms with Crippen LogP contribution in [0, 0.1) is 0 Å². The molecule has 1 aliphatic carbocycles. The van der Waals surface area contributed by atoms with Crippen molar-refractivity contribution in [1.29, 1.82) is 0 Å². The molecule has 0 aliphatic heterocycles. The number of rotatable bonds is 1. The third kappa shape index (κ3) is 5.08. The van der Waals surface area contributed by atoms with Crippen molar-refractivity contribution in [3.63, 3.8) is 0 Å². The van der Waals surface area contributed by atoms with Crippen LogP contribution in [0.2, 0.25) is 0 Å². The second-order valence-corrected chi connectivity index (χ2v) is 4.21. The first kappa shape index (κ1) is 12.9. The van der Waals surface area contributed by atoms with Crippen molar-refractivity contribution in [3.8, 4) is 0 Å². The lowest BCUT2D eigenvalue weighted by Gasteiger charge is -2.14. The van der Waals surface area contributed by atoms with Crippen molar-refractivity contribution in [2.24, 2.45) is 0 Å². The Labute approximate surface area is 97.3 Å². The average molecular weight is 220 g/mol. The van der Waals surface area contributed by atoms with E-state index in [4.69, 9.17) is 5.11 Å². The van der Waals surface area contributed by atoms with Gasteiger partial charge in [0.25, 0.3) is 0 Å². The van der Waals surface area contributed by atoms with Gasteiger partial charge in [0.05, 0.1) is 6.10 Å². The van der Waals surface area contributed by atoms with Crippen LogP contribution in [0.15, 0.2) is 30.3 Å². The van der Waals surface area contributed by atoms with E-state index < -0.39 is 0 Å². The lowest BCUT2D eigenvalue weighted by molar-refractivity contribution is 0.101. The van der Waals surface area contributed by atoms with Crippen molar-refractivity contribution in [1.82, 2.24) is 0 Å². The number of aliphatic hydroxyl groups is 1. The molecule has 0 saturated heterocycles.